The summed E-state index contributed by atoms with van der Waals surface area (Å²) in [6.45, 7) is 4.98. The number of aryl methyl sites for hydroxylation is 2. The smallest absolute Gasteiger partial charge is 0.255 e. The van der Waals surface area contributed by atoms with Crippen LogP contribution < -0.4 is 10.1 Å². The summed E-state index contributed by atoms with van der Waals surface area (Å²) in [7, 11) is 2.19. The van der Waals surface area contributed by atoms with Gasteiger partial charge in [-0.15, -0.1) is 0 Å². The Labute approximate surface area is 195 Å². The molecule has 0 radical (unpaired) electrons. The summed E-state index contributed by atoms with van der Waals surface area (Å²) >= 11 is 0. The van der Waals surface area contributed by atoms with Crippen LogP contribution >= 0.6 is 0 Å². The first kappa shape index (κ1) is 23.1. The molecule has 1 saturated carbocycles. The number of aromatic nitrogens is 1. The molecule has 0 spiro atoms. The summed E-state index contributed by atoms with van der Waals surface area (Å²) in [5, 5.41) is 7.04. The zero-order valence-corrected chi connectivity index (χ0v) is 19.8. The molecule has 0 saturated heterocycles. The first-order valence-electron chi connectivity index (χ1n) is 11.8. The molecular weight excluding hydrogens is 414 g/mol. The number of para-hydroxylation sites is 1. The number of carbonyl (C=O) groups is 1. The van der Waals surface area contributed by atoms with Crippen LogP contribution in [0.2, 0.25) is 0 Å². The molecule has 174 valence electrons. The van der Waals surface area contributed by atoms with Gasteiger partial charge in [0.2, 0.25) is 0 Å². The van der Waals surface area contributed by atoms with Crippen molar-refractivity contribution in [3.05, 3.63) is 76.7 Å². The fraction of sp³-hybridized carbons (Fsp3) is 0.407. The highest BCUT2D eigenvalue weighted by Gasteiger charge is 2.19. The van der Waals surface area contributed by atoms with Gasteiger partial charge in [-0.1, -0.05) is 42.6 Å². The summed E-state index contributed by atoms with van der Waals surface area (Å²) in [6.07, 6.45) is 6.49. The average molecular weight is 448 g/mol. The topological polar surface area (TPSA) is 67.6 Å². The molecule has 0 unspecified atom stereocenters. The Kier molecular flexibility index (Phi) is 7.45. The van der Waals surface area contributed by atoms with E-state index in [9.17, 15) is 4.79 Å². The molecule has 3 aromatic rings. The zero-order chi connectivity index (χ0) is 23.2. The van der Waals surface area contributed by atoms with Gasteiger partial charge in [0.05, 0.1) is 11.3 Å². The van der Waals surface area contributed by atoms with Gasteiger partial charge < -0.3 is 14.6 Å². The number of hydrogen-bond acceptors (Lipinski definition) is 5. The SMILES string of the molecule is Cc1noc(C)c1COc1ccc(C(=O)Nc2ccccc2CN(C)C2CCCCC2)cc1. The summed E-state index contributed by atoms with van der Waals surface area (Å²) in [5.74, 6) is 1.33. The van der Waals surface area contributed by atoms with Gasteiger partial charge in [-0.25, -0.2) is 0 Å². The lowest BCUT2D eigenvalue weighted by Crippen LogP contribution is -2.33. The van der Waals surface area contributed by atoms with Crippen molar-refractivity contribution in [3.63, 3.8) is 0 Å². The van der Waals surface area contributed by atoms with Crippen molar-refractivity contribution in [2.45, 2.75) is 65.1 Å². The van der Waals surface area contributed by atoms with Crippen LogP contribution in [-0.2, 0) is 13.2 Å². The third-order valence-electron chi connectivity index (χ3n) is 6.56. The molecule has 6 heteroatoms. The van der Waals surface area contributed by atoms with Crippen LogP contribution in [0.15, 0.2) is 53.1 Å². The van der Waals surface area contributed by atoms with Crippen molar-refractivity contribution in [2.75, 3.05) is 12.4 Å². The van der Waals surface area contributed by atoms with Crippen molar-refractivity contribution >= 4 is 11.6 Å². The molecule has 33 heavy (non-hydrogen) atoms. The minimum Gasteiger partial charge on any atom is -0.489 e. The van der Waals surface area contributed by atoms with Gasteiger partial charge in [0.25, 0.3) is 5.91 Å². The number of hydrogen-bond donors (Lipinski definition) is 1. The maximum atomic E-state index is 12.9. The number of nitrogens with one attached hydrogen (secondary N) is 1. The summed E-state index contributed by atoms with van der Waals surface area (Å²) < 4.78 is 11.0. The van der Waals surface area contributed by atoms with Gasteiger partial charge in [-0.05, 0) is 69.6 Å². The van der Waals surface area contributed by atoms with Gasteiger partial charge >= 0.3 is 0 Å². The van der Waals surface area contributed by atoms with E-state index in [0.717, 1.165) is 34.8 Å². The molecule has 0 bridgehead atoms. The second-order valence-electron chi connectivity index (χ2n) is 8.93. The number of amides is 1. The lowest BCUT2D eigenvalue weighted by atomic mass is 9.94. The Balaban J connectivity index is 1.37. The molecule has 0 atom stereocenters. The first-order chi connectivity index (χ1) is 16.0. The second kappa shape index (κ2) is 10.7. The third-order valence-corrected chi connectivity index (χ3v) is 6.56. The number of carbonyl (C=O) groups excluding carboxylic acids is 1. The van der Waals surface area contributed by atoms with E-state index in [1.54, 1.807) is 12.1 Å². The van der Waals surface area contributed by atoms with Crippen molar-refractivity contribution in [3.8, 4) is 5.75 Å². The highest BCUT2D eigenvalue weighted by Crippen LogP contribution is 2.25. The Morgan fingerprint density at radius 2 is 1.82 bits per heavy atom. The van der Waals surface area contributed by atoms with Crippen LogP contribution in [-0.4, -0.2) is 29.1 Å². The Morgan fingerprint density at radius 3 is 2.52 bits per heavy atom. The molecule has 6 nitrogen and oxygen atoms in total. The van der Waals surface area contributed by atoms with Crippen LogP contribution in [0.1, 0.15) is 65.0 Å². The number of rotatable bonds is 8. The quantitative estimate of drug-likeness (QED) is 0.466. The second-order valence-corrected chi connectivity index (χ2v) is 8.93. The summed E-state index contributed by atoms with van der Waals surface area (Å²) in [4.78, 5) is 15.3. The van der Waals surface area contributed by atoms with Gasteiger partial charge in [-0.3, -0.25) is 9.69 Å². The van der Waals surface area contributed by atoms with Crippen molar-refractivity contribution in [2.24, 2.45) is 0 Å². The minimum atomic E-state index is -0.125. The normalized spacial score (nSPS) is 14.4. The Hall–Kier alpha value is -3.12. The molecule has 1 aliphatic carbocycles. The van der Waals surface area contributed by atoms with E-state index in [1.165, 1.54) is 32.1 Å². The van der Waals surface area contributed by atoms with Gasteiger partial charge in [0.15, 0.2) is 0 Å². The highest BCUT2D eigenvalue weighted by atomic mass is 16.5. The Bertz CT molecular complexity index is 1050. The van der Waals surface area contributed by atoms with E-state index in [0.29, 0.717) is 24.0 Å². The van der Waals surface area contributed by atoms with E-state index in [2.05, 4.69) is 28.5 Å². The average Bonchev–Trinajstić information content (AvgIpc) is 3.16. The molecule has 1 aliphatic rings. The van der Waals surface area contributed by atoms with Gasteiger partial charge in [0, 0.05) is 23.8 Å². The van der Waals surface area contributed by atoms with Crippen LogP contribution in [0.3, 0.4) is 0 Å². The maximum Gasteiger partial charge on any atom is 0.255 e. The predicted octanol–water partition coefficient (Wildman–Crippen LogP) is 5.89. The molecule has 4 rings (SSSR count). The van der Waals surface area contributed by atoms with E-state index in [-0.39, 0.29) is 5.91 Å². The predicted molar refractivity (Wildman–Crippen MR) is 129 cm³/mol. The summed E-state index contributed by atoms with van der Waals surface area (Å²) in [6, 6.07) is 15.9. The van der Waals surface area contributed by atoms with Crippen LogP contribution in [0.4, 0.5) is 5.69 Å². The Morgan fingerprint density at radius 1 is 1.09 bits per heavy atom. The number of ether oxygens (including phenoxy) is 1. The lowest BCUT2D eigenvalue weighted by molar-refractivity contribution is 0.102. The van der Waals surface area contributed by atoms with E-state index in [1.807, 2.05) is 44.2 Å². The molecule has 1 N–H and O–H groups in total. The van der Waals surface area contributed by atoms with E-state index in [4.69, 9.17) is 9.26 Å². The molecule has 1 aromatic heterocycles. The van der Waals surface area contributed by atoms with Crippen molar-refractivity contribution in [1.82, 2.24) is 10.1 Å². The number of benzene rings is 2. The molecule has 2 aromatic carbocycles. The third kappa shape index (κ3) is 5.82. The van der Waals surface area contributed by atoms with Crippen molar-refractivity contribution in [1.29, 1.82) is 0 Å². The monoisotopic (exact) mass is 447 g/mol. The fourth-order valence-electron chi connectivity index (χ4n) is 4.46. The molecule has 1 amide bonds. The lowest BCUT2D eigenvalue weighted by Gasteiger charge is -2.31. The molecule has 1 heterocycles. The van der Waals surface area contributed by atoms with Gasteiger partial charge in [-0.2, -0.15) is 0 Å². The van der Waals surface area contributed by atoms with E-state index < -0.39 is 0 Å². The molecule has 1 fully saturated rings. The maximum absolute atomic E-state index is 12.9. The van der Waals surface area contributed by atoms with E-state index >= 15 is 0 Å². The molecular formula is C27H33N3O3. The largest absolute Gasteiger partial charge is 0.489 e. The zero-order valence-electron chi connectivity index (χ0n) is 19.8. The van der Waals surface area contributed by atoms with Gasteiger partial charge in [0.1, 0.15) is 18.1 Å². The highest BCUT2D eigenvalue weighted by molar-refractivity contribution is 6.04. The van der Waals surface area contributed by atoms with Crippen LogP contribution in [0, 0.1) is 13.8 Å². The summed E-state index contributed by atoms with van der Waals surface area (Å²) in [5.41, 5.74) is 4.38. The fourth-order valence-corrected chi connectivity index (χ4v) is 4.46. The standard InChI is InChI=1S/C27H33N3O3/c1-19-25(20(2)33-29-19)18-32-24-15-13-21(14-16-24)27(31)28-26-12-8-7-9-22(26)17-30(3)23-10-5-4-6-11-23/h7-9,12-16,23H,4-6,10-11,17-18H2,1-3H3,(H,28,31). The minimum absolute atomic E-state index is 0.125. The number of nitrogens with zero attached hydrogens (tertiary/aromatic N) is 2. The van der Waals surface area contributed by atoms with Crippen LogP contribution in [0.25, 0.3) is 0 Å². The molecule has 0 aliphatic heterocycles. The first-order valence-corrected chi connectivity index (χ1v) is 11.8. The number of anilines is 1. The van der Waals surface area contributed by atoms with Crippen LogP contribution in [0.5, 0.6) is 5.75 Å². The van der Waals surface area contributed by atoms with Crippen molar-refractivity contribution < 1.29 is 14.1 Å².